The molecule has 0 spiro atoms. The Morgan fingerprint density at radius 2 is 2.17 bits per heavy atom. The van der Waals surface area contributed by atoms with E-state index >= 15 is 0 Å². The lowest BCUT2D eigenvalue weighted by Crippen LogP contribution is -2.24. The van der Waals surface area contributed by atoms with Crippen LogP contribution in [0.15, 0.2) is 23.0 Å². The van der Waals surface area contributed by atoms with Crippen LogP contribution < -0.4 is 15.7 Å². The Morgan fingerprint density at radius 1 is 1.33 bits per heavy atom. The smallest absolute Gasteiger partial charge is 0.323 e. The number of aromatic nitrogens is 2. The second-order valence-corrected chi connectivity index (χ2v) is 4.57. The van der Waals surface area contributed by atoms with Gasteiger partial charge in [-0.15, -0.1) is 0 Å². The lowest BCUT2D eigenvalue weighted by molar-refractivity contribution is 0.309. The number of hydrogen-bond acceptors (Lipinski definition) is 3. The molecule has 1 aromatic carbocycles. The lowest BCUT2D eigenvalue weighted by atomic mass is 10.3. The zero-order chi connectivity index (χ0) is 13.0. The predicted molar refractivity (Wildman–Crippen MR) is 72.2 cm³/mol. The van der Waals surface area contributed by atoms with Crippen LogP contribution in [0.4, 0.5) is 0 Å². The fraction of sp³-hybridized carbons (Fsp3) is 0.462. The van der Waals surface area contributed by atoms with Crippen LogP contribution in [0.2, 0.25) is 0 Å². The summed E-state index contributed by atoms with van der Waals surface area (Å²) in [6.07, 6.45) is 0.934. The van der Waals surface area contributed by atoms with E-state index in [-0.39, 0.29) is 5.69 Å². The van der Waals surface area contributed by atoms with E-state index in [1.54, 1.807) is 0 Å². The molecule has 2 rings (SSSR count). The van der Waals surface area contributed by atoms with Crippen LogP contribution in [0.1, 0.15) is 20.3 Å². The third-order valence-corrected chi connectivity index (χ3v) is 2.64. The summed E-state index contributed by atoms with van der Waals surface area (Å²) in [7, 11) is 0. The van der Waals surface area contributed by atoms with E-state index in [9.17, 15) is 4.79 Å². The number of H-pyrrole nitrogens is 2. The van der Waals surface area contributed by atoms with E-state index < -0.39 is 0 Å². The summed E-state index contributed by atoms with van der Waals surface area (Å²) in [5.74, 6) is 0.718. The van der Waals surface area contributed by atoms with Crippen molar-refractivity contribution < 1.29 is 4.74 Å². The van der Waals surface area contributed by atoms with Crippen molar-refractivity contribution in [2.75, 3.05) is 13.2 Å². The first-order valence-electron chi connectivity index (χ1n) is 6.24. The highest BCUT2D eigenvalue weighted by molar-refractivity contribution is 5.80. The Hall–Kier alpha value is -1.75. The Labute approximate surface area is 106 Å². The summed E-state index contributed by atoms with van der Waals surface area (Å²) in [5, 5.41) is 3.33. The molecule has 0 saturated carbocycles. The molecule has 0 aliphatic heterocycles. The highest BCUT2D eigenvalue weighted by Crippen LogP contribution is 2.20. The first kappa shape index (κ1) is 12.7. The molecular weight excluding hydrogens is 230 g/mol. The first-order valence-corrected chi connectivity index (χ1v) is 6.24. The van der Waals surface area contributed by atoms with Crippen molar-refractivity contribution in [1.82, 2.24) is 15.3 Å². The molecule has 98 valence electrons. The van der Waals surface area contributed by atoms with E-state index in [1.165, 1.54) is 0 Å². The summed E-state index contributed by atoms with van der Waals surface area (Å²) in [4.78, 5) is 16.7. The lowest BCUT2D eigenvalue weighted by Gasteiger charge is -2.09. The van der Waals surface area contributed by atoms with E-state index in [1.807, 2.05) is 18.2 Å². The average Bonchev–Trinajstić information content (AvgIpc) is 2.69. The molecule has 0 fully saturated rings. The molecule has 0 aliphatic rings. The van der Waals surface area contributed by atoms with Crippen LogP contribution in [0.3, 0.4) is 0 Å². The minimum atomic E-state index is -0.206. The Balaban J connectivity index is 1.93. The standard InChI is InChI=1S/C13H19N3O2/c1-9(2)14-7-4-8-18-11-6-3-5-10-12(11)16-13(17)15-10/h3,5-6,9,14H,4,7-8H2,1-2H3,(H2,15,16,17). The topological polar surface area (TPSA) is 69.9 Å². The zero-order valence-electron chi connectivity index (χ0n) is 10.7. The SMILES string of the molecule is CC(C)NCCCOc1cccc2[nH]c(=O)[nH]c12. The van der Waals surface area contributed by atoms with Crippen molar-refractivity contribution >= 4 is 11.0 Å². The first-order chi connectivity index (χ1) is 8.66. The Morgan fingerprint density at radius 3 is 2.94 bits per heavy atom. The summed E-state index contributed by atoms with van der Waals surface area (Å²) in [6.45, 7) is 5.79. The maximum atomic E-state index is 11.2. The van der Waals surface area contributed by atoms with Gasteiger partial charge in [-0.2, -0.15) is 0 Å². The van der Waals surface area contributed by atoms with Crippen molar-refractivity contribution in [3.8, 4) is 5.75 Å². The molecule has 0 atom stereocenters. The van der Waals surface area contributed by atoms with Gasteiger partial charge in [0.05, 0.1) is 12.1 Å². The van der Waals surface area contributed by atoms with E-state index in [4.69, 9.17) is 4.74 Å². The van der Waals surface area contributed by atoms with E-state index in [0.717, 1.165) is 29.7 Å². The fourth-order valence-corrected chi connectivity index (χ4v) is 1.80. The van der Waals surface area contributed by atoms with Gasteiger partial charge < -0.3 is 20.0 Å². The number of aromatic amines is 2. The summed E-state index contributed by atoms with van der Waals surface area (Å²) in [5.41, 5.74) is 1.31. The van der Waals surface area contributed by atoms with Gasteiger partial charge in [0, 0.05) is 6.04 Å². The van der Waals surface area contributed by atoms with Crippen molar-refractivity contribution in [3.05, 3.63) is 28.7 Å². The summed E-state index contributed by atoms with van der Waals surface area (Å²) >= 11 is 0. The monoisotopic (exact) mass is 249 g/mol. The van der Waals surface area contributed by atoms with Gasteiger partial charge in [0.15, 0.2) is 0 Å². The summed E-state index contributed by atoms with van der Waals surface area (Å²) < 4.78 is 5.68. The third-order valence-electron chi connectivity index (χ3n) is 2.64. The molecule has 0 aliphatic carbocycles. The average molecular weight is 249 g/mol. The number of fused-ring (bicyclic) bond motifs is 1. The van der Waals surface area contributed by atoms with Gasteiger partial charge >= 0.3 is 5.69 Å². The maximum absolute atomic E-state index is 11.2. The van der Waals surface area contributed by atoms with Crippen molar-refractivity contribution in [1.29, 1.82) is 0 Å². The van der Waals surface area contributed by atoms with Crippen LogP contribution >= 0.6 is 0 Å². The van der Waals surface area contributed by atoms with Crippen LogP contribution in [0.25, 0.3) is 11.0 Å². The molecule has 1 heterocycles. The van der Waals surface area contributed by atoms with Crippen LogP contribution in [-0.4, -0.2) is 29.2 Å². The maximum Gasteiger partial charge on any atom is 0.323 e. The Bertz CT molecular complexity index is 557. The molecule has 1 aromatic heterocycles. The van der Waals surface area contributed by atoms with Crippen molar-refractivity contribution in [3.63, 3.8) is 0 Å². The van der Waals surface area contributed by atoms with Gasteiger partial charge in [-0.05, 0) is 25.1 Å². The van der Waals surface area contributed by atoms with Crippen LogP contribution in [-0.2, 0) is 0 Å². The van der Waals surface area contributed by atoms with E-state index in [2.05, 4.69) is 29.1 Å². The number of para-hydroxylation sites is 1. The Kier molecular flexibility index (Phi) is 4.04. The molecule has 3 N–H and O–H groups in total. The number of benzene rings is 1. The summed E-state index contributed by atoms with van der Waals surface area (Å²) in [6, 6.07) is 6.07. The molecule has 0 radical (unpaired) electrons. The molecule has 2 aromatic rings. The zero-order valence-corrected chi connectivity index (χ0v) is 10.7. The number of hydrogen-bond donors (Lipinski definition) is 3. The predicted octanol–water partition coefficient (Wildman–Crippen LogP) is 1.62. The third kappa shape index (κ3) is 3.13. The fourth-order valence-electron chi connectivity index (χ4n) is 1.80. The molecule has 0 saturated heterocycles. The molecule has 0 unspecified atom stereocenters. The van der Waals surface area contributed by atoms with Gasteiger partial charge in [-0.3, -0.25) is 0 Å². The second-order valence-electron chi connectivity index (χ2n) is 4.57. The molecule has 0 amide bonds. The number of imidazole rings is 1. The molecule has 5 nitrogen and oxygen atoms in total. The number of ether oxygens (including phenoxy) is 1. The minimum Gasteiger partial charge on any atom is -0.491 e. The van der Waals surface area contributed by atoms with Gasteiger partial charge in [-0.25, -0.2) is 4.79 Å². The molecule has 5 heteroatoms. The van der Waals surface area contributed by atoms with Crippen LogP contribution in [0, 0.1) is 0 Å². The van der Waals surface area contributed by atoms with Gasteiger partial charge in [0.25, 0.3) is 0 Å². The van der Waals surface area contributed by atoms with Gasteiger partial charge in [0.2, 0.25) is 0 Å². The second kappa shape index (κ2) is 5.73. The molecular formula is C13H19N3O2. The largest absolute Gasteiger partial charge is 0.491 e. The normalized spacial score (nSPS) is 11.3. The highest BCUT2D eigenvalue weighted by Gasteiger charge is 2.04. The molecule has 18 heavy (non-hydrogen) atoms. The number of rotatable bonds is 6. The van der Waals surface area contributed by atoms with Gasteiger partial charge in [-0.1, -0.05) is 19.9 Å². The number of nitrogens with one attached hydrogen (secondary N) is 3. The molecule has 0 bridgehead atoms. The van der Waals surface area contributed by atoms with Crippen molar-refractivity contribution in [2.45, 2.75) is 26.3 Å². The highest BCUT2D eigenvalue weighted by atomic mass is 16.5. The quantitative estimate of drug-likeness (QED) is 0.681. The van der Waals surface area contributed by atoms with E-state index in [0.29, 0.717) is 12.6 Å². The van der Waals surface area contributed by atoms with Crippen molar-refractivity contribution in [2.24, 2.45) is 0 Å². The minimum absolute atomic E-state index is 0.206. The van der Waals surface area contributed by atoms with Crippen LogP contribution in [0.5, 0.6) is 5.75 Å². The van der Waals surface area contributed by atoms with Gasteiger partial charge in [0.1, 0.15) is 11.3 Å².